The van der Waals surface area contributed by atoms with Crippen LogP contribution in [0.15, 0.2) is 24.3 Å². The van der Waals surface area contributed by atoms with E-state index in [0.29, 0.717) is 23.5 Å². The van der Waals surface area contributed by atoms with E-state index >= 15 is 0 Å². The van der Waals surface area contributed by atoms with Gasteiger partial charge in [0.2, 0.25) is 0 Å². The molecule has 1 aromatic carbocycles. The van der Waals surface area contributed by atoms with E-state index in [4.69, 9.17) is 0 Å². The van der Waals surface area contributed by atoms with Crippen molar-refractivity contribution in [2.75, 3.05) is 18.4 Å². The lowest BCUT2D eigenvalue weighted by atomic mass is 10.0. The van der Waals surface area contributed by atoms with Crippen LogP contribution in [-0.4, -0.2) is 46.0 Å². The predicted molar refractivity (Wildman–Crippen MR) is 103 cm³/mol. The molecule has 7 heteroatoms. The van der Waals surface area contributed by atoms with Crippen LogP contribution in [0.4, 0.5) is 5.69 Å². The third kappa shape index (κ3) is 3.60. The maximum absolute atomic E-state index is 12.7. The van der Waals surface area contributed by atoms with Crippen LogP contribution in [0.1, 0.15) is 58.3 Å². The second kappa shape index (κ2) is 7.52. The molecule has 0 bridgehead atoms. The van der Waals surface area contributed by atoms with Crippen molar-refractivity contribution in [3.63, 3.8) is 0 Å². The van der Waals surface area contributed by atoms with E-state index in [1.165, 1.54) is 6.42 Å². The van der Waals surface area contributed by atoms with Gasteiger partial charge in [-0.2, -0.15) is 5.10 Å². The first-order chi connectivity index (χ1) is 13.1. The highest BCUT2D eigenvalue weighted by Gasteiger charge is 2.24. The Bertz CT molecular complexity index is 843. The first kappa shape index (κ1) is 17.7. The third-order valence-corrected chi connectivity index (χ3v) is 5.47. The summed E-state index contributed by atoms with van der Waals surface area (Å²) in [6.07, 6.45) is 4.09. The summed E-state index contributed by atoms with van der Waals surface area (Å²) in [7, 11) is 0. The highest BCUT2D eigenvalue weighted by Crippen LogP contribution is 2.21. The topological polar surface area (TPSA) is 90.1 Å². The van der Waals surface area contributed by atoms with Crippen molar-refractivity contribution >= 4 is 17.5 Å². The summed E-state index contributed by atoms with van der Waals surface area (Å²) >= 11 is 0. The molecule has 1 saturated heterocycles. The summed E-state index contributed by atoms with van der Waals surface area (Å²) in [6.45, 7) is 4.48. The quantitative estimate of drug-likeness (QED) is 0.777. The number of benzene rings is 1. The van der Waals surface area contributed by atoms with Crippen LogP contribution in [0, 0.1) is 0 Å². The number of piperidine rings is 1. The highest BCUT2D eigenvalue weighted by molar-refractivity contribution is 6.04. The van der Waals surface area contributed by atoms with Crippen molar-refractivity contribution in [1.82, 2.24) is 20.4 Å². The van der Waals surface area contributed by atoms with E-state index in [0.717, 1.165) is 43.6 Å². The summed E-state index contributed by atoms with van der Waals surface area (Å²) in [5.41, 5.74) is 3.73. The van der Waals surface area contributed by atoms with Gasteiger partial charge in [0.15, 0.2) is 5.69 Å². The molecule has 2 amide bonds. The molecule has 2 aliphatic rings. The minimum Gasteiger partial charge on any atom is -0.336 e. The van der Waals surface area contributed by atoms with Gasteiger partial charge in [-0.1, -0.05) is 0 Å². The molecule has 0 radical (unpaired) electrons. The van der Waals surface area contributed by atoms with E-state index in [9.17, 15) is 9.59 Å². The zero-order valence-electron chi connectivity index (χ0n) is 15.5. The van der Waals surface area contributed by atoms with Gasteiger partial charge in [-0.3, -0.25) is 14.7 Å². The first-order valence-corrected chi connectivity index (χ1v) is 9.62. The van der Waals surface area contributed by atoms with Crippen molar-refractivity contribution in [2.45, 2.75) is 45.2 Å². The van der Waals surface area contributed by atoms with Crippen molar-refractivity contribution < 1.29 is 9.59 Å². The van der Waals surface area contributed by atoms with Crippen LogP contribution in [0.2, 0.25) is 0 Å². The average Bonchev–Trinajstić information content (AvgIpc) is 3.13. The molecular formula is C20H25N5O2. The maximum atomic E-state index is 12.7. The summed E-state index contributed by atoms with van der Waals surface area (Å²) in [5, 5.41) is 13.2. The number of carbonyl (C=O) groups excluding carboxylic acids is 2. The van der Waals surface area contributed by atoms with Crippen molar-refractivity contribution in [2.24, 2.45) is 0 Å². The fraction of sp³-hybridized carbons (Fsp3) is 0.450. The molecule has 0 spiro atoms. The van der Waals surface area contributed by atoms with Crippen LogP contribution >= 0.6 is 0 Å². The number of nitrogens with one attached hydrogen (secondary N) is 3. The van der Waals surface area contributed by atoms with Gasteiger partial charge < -0.3 is 15.5 Å². The lowest BCUT2D eigenvalue weighted by Gasteiger charge is -2.33. The van der Waals surface area contributed by atoms with E-state index in [1.807, 2.05) is 4.90 Å². The summed E-state index contributed by atoms with van der Waals surface area (Å²) in [4.78, 5) is 27.2. The number of rotatable bonds is 3. The van der Waals surface area contributed by atoms with Gasteiger partial charge in [-0.15, -0.1) is 0 Å². The Morgan fingerprint density at radius 2 is 2.04 bits per heavy atom. The number of H-pyrrole nitrogens is 1. The molecule has 0 saturated carbocycles. The van der Waals surface area contributed by atoms with Gasteiger partial charge in [-0.25, -0.2) is 0 Å². The van der Waals surface area contributed by atoms with Crippen molar-refractivity contribution in [3.8, 4) is 0 Å². The second-order valence-corrected chi connectivity index (χ2v) is 7.33. The summed E-state index contributed by atoms with van der Waals surface area (Å²) in [6, 6.07) is 7.40. The second-order valence-electron chi connectivity index (χ2n) is 7.33. The van der Waals surface area contributed by atoms with Gasteiger partial charge in [0, 0.05) is 35.9 Å². The predicted octanol–water partition coefficient (Wildman–Crippen LogP) is 2.32. The normalized spacial score (nSPS) is 19.4. The number of carbonyl (C=O) groups is 2. The fourth-order valence-corrected chi connectivity index (χ4v) is 3.88. The van der Waals surface area contributed by atoms with E-state index in [1.54, 1.807) is 24.3 Å². The largest absolute Gasteiger partial charge is 0.336 e. The number of nitrogens with zero attached hydrogens (tertiary/aromatic N) is 2. The van der Waals surface area contributed by atoms with Crippen LogP contribution in [0.5, 0.6) is 0 Å². The molecule has 1 aromatic heterocycles. The number of amides is 2. The minimum atomic E-state index is -0.224. The number of anilines is 1. The summed E-state index contributed by atoms with van der Waals surface area (Å²) in [5.74, 6) is -0.160. The van der Waals surface area contributed by atoms with Crippen LogP contribution in [0.25, 0.3) is 0 Å². The molecule has 1 unspecified atom stereocenters. The molecule has 0 aliphatic carbocycles. The number of aromatic amines is 1. The first-order valence-electron chi connectivity index (χ1n) is 9.62. The van der Waals surface area contributed by atoms with E-state index < -0.39 is 0 Å². The molecular weight excluding hydrogens is 342 g/mol. The standard InChI is InChI=1S/C20H25N5O2/c1-13-4-2-3-11-25(13)20(27)14-5-7-15(8-6-14)22-19(26)18-16-9-10-21-12-17(16)23-24-18/h5-8,13,21H,2-4,9-12H2,1H3,(H,22,26)(H,23,24). The molecule has 1 atom stereocenters. The molecule has 142 valence electrons. The molecule has 1 fully saturated rings. The number of hydrogen-bond donors (Lipinski definition) is 3. The number of hydrogen-bond acceptors (Lipinski definition) is 4. The van der Waals surface area contributed by atoms with Crippen LogP contribution in [0.3, 0.4) is 0 Å². The lowest BCUT2D eigenvalue weighted by Crippen LogP contribution is -2.42. The molecule has 3 heterocycles. The Hall–Kier alpha value is -2.67. The average molecular weight is 367 g/mol. The smallest absolute Gasteiger partial charge is 0.276 e. The van der Waals surface area contributed by atoms with Gasteiger partial charge in [0.1, 0.15) is 0 Å². The SMILES string of the molecule is CC1CCCCN1C(=O)c1ccc(NC(=O)c2n[nH]c3c2CCNC3)cc1. The number of aromatic nitrogens is 2. The molecule has 4 rings (SSSR count). The van der Waals surface area contributed by atoms with E-state index in [2.05, 4.69) is 27.8 Å². The Morgan fingerprint density at radius 1 is 1.22 bits per heavy atom. The number of likely N-dealkylation sites (tertiary alicyclic amines) is 1. The van der Waals surface area contributed by atoms with Gasteiger partial charge >= 0.3 is 0 Å². The highest BCUT2D eigenvalue weighted by atomic mass is 16.2. The molecule has 2 aromatic rings. The van der Waals surface area contributed by atoms with Crippen molar-refractivity contribution in [3.05, 3.63) is 46.8 Å². The fourth-order valence-electron chi connectivity index (χ4n) is 3.88. The van der Waals surface area contributed by atoms with Crippen LogP contribution < -0.4 is 10.6 Å². The van der Waals surface area contributed by atoms with Crippen LogP contribution in [-0.2, 0) is 13.0 Å². The third-order valence-electron chi connectivity index (χ3n) is 5.47. The van der Waals surface area contributed by atoms with Gasteiger partial charge in [0.05, 0.1) is 5.69 Å². The Balaban J connectivity index is 1.44. The molecule has 27 heavy (non-hydrogen) atoms. The molecule has 7 nitrogen and oxygen atoms in total. The van der Waals surface area contributed by atoms with Gasteiger partial charge in [0.25, 0.3) is 11.8 Å². The van der Waals surface area contributed by atoms with E-state index in [-0.39, 0.29) is 17.9 Å². The summed E-state index contributed by atoms with van der Waals surface area (Å²) < 4.78 is 0. The Morgan fingerprint density at radius 3 is 2.81 bits per heavy atom. The van der Waals surface area contributed by atoms with Crippen molar-refractivity contribution in [1.29, 1.82) is 0 Å². The zero-order chi connectivity index (χ0) is 18.8. The zero-order valence-corrected chi connectivity index (χ0v) is 15.5. The van der Waals surface area contributed by atoms with Gasteiger partial charge in [-0.05, 0) is 63.4 Å². The Kier molecular flexibility index (Phi) is 4.94. The Labute approximate surface area is 158 Å². The number of fused-ring (bicyclic) bond motifs is 1. The molecule has 2 aliphatic heterocycles. The lowest BCUT2D eigenvalue weighted by molar-refractivity contribution is 0.0635. The monoisotopic (exact) mass is 367 g/mol. The minimum absolute atomic E-state index is 0.0638. The maximum Gasteiger partial charge on any atom is 0.276 e. The molecule has 3 N–H and O–H groups in total.